The number of fused-ring (bicyclic) bond motifs is 6. The summed E-state index contributed by atoms with van der Waals surface area (Å²) in [6.45, 7) is 4.06. The highest BCUT2D eigenvalue weighted by Gasteiger charge is 2.51. The van der Waals surface area contributed by atoms with E-state index in [1.54, 1.807) is 11.0 Å². The number of halogens is 1. The molecule has 174 valence electrons. The first-order chi connectivity index (χ1) is 15.8. The van der Waals surface area contributed by atoms with Crippen molar-refractivity contribution >= 4 is 11.8 Å². The van der Waals surface area contributed by atoms with Crippen molar-refractivity contribution in [1.82, 2.24) is 14.9 Å². The van der Waals surface area contributed by atoms with Crippen LogP contribution >= 0.6 is 0 Å². The topological polar surface area (TPSA) is 104 Å². The van der Waals surface area contributed by atoms with Gasteiger partial charge in [0.15, 0.2) is 11.4 Å². The number of morpholine rings is 1. The van der Waals surface area contributed by atoms with Gasteiger partial charge in [0, 0.05) is 24.3 Å². The Labute approximate surface area is 189 Å². The van der Waals surface area contributed by atoms with E-state index < -0.39 is 35.0 Å². The molecule has 2 N–H and O–H groups in total. The predicted molar refractivity (Wildman–Crippen MR) is 116 cm³/mol. The van der Waals surface area contributed by atoms with Crippen LogP contribution in [0, 0.1) is 5.82 Å². The van der Waals surface area contributed by atoms with Crippen molar-refractivity contribution in [3.8, 4) is 5.75 Å². The van der Waals surface area contributed by atoms with Crippen molar-refractivity contribution in [2.75, 3.05) is 11.6 Å². The zero-order valence-corrected chi connectivity index (χ0v) is 18.3. The molecule has 2 saturated heterocycles. The fraction of sp³-hybridized carbons (Fsp3) is 0.435. The monoisotopic (exact) mass is 456 g/mol. The third-order valence-electron chi connectivity index (χ3n) is 6.53. The van der Waals surface area contributed by atoms with Crippen LogP contribution in [0.5, 0.6) is 5.75 Å². The molecule has 9 nitrogen and oxygen atoms in total. The maximum Gasteiger partial charge on any atom is 0.278 e. The van der Waals surface area contributed by atoms with Gasteiger partial charge in [-0.2, -0.15) is 0 Å². The van der Waals surface area contributed by atoms with Crippen molar-refractivity contribution in [2.24, 2.45) is 0 Å². The van der Waals surface area contributed by atoms with Gasteiger partial charge in [0.1, 0.15) is 17.5 Å². The van der Waals surface area contributed by atoms with Crippen LogP contribution in [0.1, 0.15) is 53.1 Å². The number of benzene rings is 1. The van der Waals surface area contributed by atoms with Crippen LogP contribution < -0.4 is 15.8 Å². The molecule has 0 unspecified atom stereocenters. The SMILES string of the molecule is CC(C)N1C(=O)c2c(O)c(=O)c(C(=O)NCc3ccccc3F)cn2N2C[C@@H]3CC[C@@H](O3)[C@@H]12. The van der Waals surface area contributed by atoms with Gasteiger partial charge in [-0.05, 0) is 32.8 Å². The Morgan fingerprint density at radius 2 is 2.03 bits per heavy atom. The fourth-order valence-electron chi connectivity index (χ4n) is 4.98. The molecule has 2 bridgehead atoms. The Kier molecular flexibility index (Phi) is 5.12. The average Bonchev–Trinajstić information content (AvgIpc) is 3.17. The van der Waals surface area contributed by atoms with Gasteiger partial charge < -0.3 is 20.1 Å². The molecule has 1 aromatic carbocycles. The van der Waals surface area contributed by atoms with E-state index in [0.29, 0.717) is 6.54 Å². The molecule has 2 amide bonds. The van der Waals surface area contributed by atoms with Gasteiger partial charge in [-0.25, -0.2) is 4.39 Å². The third-order valence-corrected chi connectivity index (χ3v) is 6.53. The summed E-state index contributed by atoms with van der Waals surface area (Å²) < 4.78 is 21.4. The molecule has 5 rings (SSSR count). The van der Waals surface area contributed by atoms with Gasteiger partial charge in [0.2, 0.25) is 5.43 Å². The molecule has 0 radical (unpaired) electrons. The van der Waals surface area contributed by atoms with E-state index in [1.807, 2.05) is 18.9 Å². The highest BCUT2D eigenvalue weighted by molar-refractivity contribution is 5.99. The zero-order valence-electron chi connectivity index (χ0n) is 18.3. The Hall–Kier alpha value is -3.40. The van der Waals surface area contributed by atoms with Crippen LogP contribution in [0.15, 0.2) is 35.3 Å². The van der Waals surface area contributed by atoms with Crippen LogP contribution in [0.25, 0.3) is 0 Å². The molecular formula is C23H25FN4O5. The van der Waals surface area contributed by atoms with Crippen LogP contribution in [0.4, 0.5) is 4.39 Å². The van der Waals surface area contributed by atoms with E-state index in [0.717, 1.165) is 12.8 Å². The Morgan fingerprint density at radius 1 is 1.27 bits per heavy atom. The standard InChI is InChI=1S/C23H25FN4O5/c1-12(2)28-22-17-8-7-14(33-17)10-27(22)26-11-15(19(29)20(30)18(26)23(28)32)21(31)25-9-13-5-3-4-6-16(13)24/h3-6,11-12,14,17,22,30H,7-10H2,1-2H3,(H,25,31)/t14-,17+,22+/m0/s1. The first-order valence-corrected chi connectivity index (χ1v) is 11.0. The summed E-state index contributed by atoms with van der Waals surface area (Å²) >= 11 is 0. The quantitative estimate of drug-likeness (QED) is 0.719. The highest BCUT2D eigenvalue weighted by atomic mass is 19.1. The predicted octanol–water partition coefficient (Wildman–Crippen LogP) is 1.31. The maximum absolute atomic E-state index is 13.9. The number of hydrogen-bond donors (Lipinski definition) is 2. The summed E-state index contributed by atoms with van der Waals surface area (Å²) in [5.41, 5.74) is -1.17. The van der Waals surface area contributed by atoms with Crippen LogP contribution in [-0.2, 0) is 11.3 Å². The Bertz CT molecular complexity index is 1200. The lowest BCUT2D eigenvalue weighted by molar-refractivity contribution is -0.0599. The summed E-state index contributed by atoms with van der Waals surface area (Å²) in [5.74, 6) is -2.51. The zero-order chi connectivity index (χ0) is 23.4. The summed E-state index contributed by atoms with van der Waals surface area (Å²) in [5, 5.41) is 15.1. The van der Waals surface area contributed by atoms with Gasteiger partial charge in [-0.1, -0.05) is 18.2 Å². The molecule has 33 heavy (non-hydrogen) atoms. The summed E-state index contributed by atoms with van der Waals surface area (Å²) in [6.07, 6.45) is 2.26. The van der Waals surface area contributed by atoms with Crippen molar-refractivity contribution in [1.29, 1.82) is 0 Å². The lowest BCUT2D eigenvalue weighted by Crippen LogP contribution is -2.70. The Morgan fingerprint density at radius 3 is 2.76 bits per heavy atom. The lowest BCUT2D eigenvalue weighted by atomic mass is 10.1. The van der Waals surface area contributed by atoms with Crippen molar-refractivity contribution in [3.63, 3.8) is 0 Å². The number of carbonyl (C=O) groups is 2. The van der Waals surface area contributed by atoms with Crippen molar-refractivity contribution in [3.05, 3.63) is 63.3 Å². The molecule has 0 saturated carbocycles. The van der Waals surface area contributed by atoms with Gasteiger partial charge in [-0.15, -0.1) is 0 Å². The van der Waals surface area contributed by atoms with Gasteiger partial charge in [-0.3, -0.25) is 24.1 Å². The fourth-order valence-corrected chi connectivity index (χ4v) is 4.98. The number of aromatic nitrogens is 1. The minimum atomic E-state index is -0.945. The number of amides is 2. The number of pyridine rings is 1. The number of nitrogens with zero attached hydrogens (tertiary/aromatic N) is 3. The minimum Gasteiger partial charge on any atom is -0.502 e. The van der Waals surface area contributed by atoms with E-state index >= 15 is 0 Å². The normalized spacial score (nSPS) is 23.5. The van der Waals surface area contributed by atoms with Gasteiger partial charge in [0.25, 0.3) is 11.8 Å². The van der Waals surface area contributed by atoms with E-state index in [4.69, 9.17) is 4.74 Å². The van der Waals surface area contributed by atoms with Gasteiger partial charge >= 0.3 is 0 Å². The first kappa shape index (κ1) is 21.4. The van der Waals surface area contributed by atoms with Crippen molar-refractivity contribution < 1.29 is 23.8 Å². The van der Waals surface area contributed by atoms with Gasteiger partial charge in [0.05, 0.1) is 18.8 Å². The first-order valence-electron chi connectivity index (χ1n) is 11.0. The molecule has 10 heteroatoms. The van der Waals surface area contributed by atoms with Crippen LogP contribution in [0.2, 0.25) is 0 Å². The van der Waals surface area contributed by atoms with Crippen LogP contribution in [-0.4, -0.2) is 57.5 Å². The molecule has 2 fully saturated rings. The molecule has 3 aliphatic heterocycles. The molecule has 3 aliphatic rings. The smallest absolute Gasteiger partial charge is 0.278 e. The highest BCUT2D eigenvalue weighted by Crippen LogP contribution is 2.37. The number of hydrogen-bond acceptors (Lipinski definition) is 6. The number of aromatic hydroxyl groups is 1. The summed E-state index contributed by atoms with van der Waals surface area (Å²) in [6, 6.07) is 5.79. The van der Waals surface area contributed by atoms with Crippen molar-refractivity contribution in [2.45, 2.75) is 57.6 Å². The van der Waals surface area contributed by atoms with E-state index in [-0.39, 0.29) is 41.6 Å². The largest absolute Gasteiger partial charge is 0.502 e. The lowest BCUT2D eigenvalue weighted by Gasteiger charge is -2.52. The maximum atomic E-state index is 13.9. The number of nitrogens with one attached hydrogen (secondary N) is 1. The van der Waals surface area contributed by atoms with Crippen LogP contribution in [0.3, 0.4) is 0 Å². The molecule has 4 heterocycles. The average molecular weight is 456 g/mol. The minimum absolute atomic E-state index is 0.0405. The van der Waals surface area contributed by atoms with E-state index in [2.05, 4.69) is 5.32 Å². The second-order valence-electron chi connectivity index (χ2n) is 8.90. The summed E-state index contributed by atoms with van der Waals surface area (Å²) in [4.78, 5) is 40.7. The third kappa shape index (κ3) is 3.36. The van der Waals surface area contributed by atoms with E-state index in [9.17, 15) is 23.9 Å². The second-order valence-corrected chi connectivity index (χ2v) is 8.90. The van der Waals surface area contributed by atoms with E-state index in [1.165, 1.54) is 29.1 Å². The molecule has 3 atom stereocenters. The Balaban J connectivity index is 1.54. The number of rotatable bonds is 4. The second kappa shape index (κ2) is 7.87. The molecule has 1 aromatic heterocycles. The number of ether oxygens (including phenoxy) is 1. The molecule has 0 spiro atoms. The summed E-state index contributed by atoms with van der Waals surface area (Å²) in [7, 11) is 0. The molecule has 2 aromatic rings. The number of carbonyl (C=O) groups excluding carboxylic acids is 2. The molecule has 0 aliphatic carbocycles. The molecular weight excluding hydrogens is 431 g/mol.